The van der Waals surface area contributed by atoms with Crippen LogP contribution < -0.4 is 15.5 Å². The van der Waals surface area contributed by atoms with E-state index in [0.717, 1.165) is 37.3 Å². The molecule has 4 rings (SSSR count). The third-order valence-electron chi connectivity index (χ3n) is 6.61. The molecule has 4 nitrogen and oxygen atoms in total. The van der Waals surface area contributed by atoms with Crippen LogP contribution in [-0.4, -0.2) is 25.0 Å². The SMILES string of the molecule is CCC(=O)N1c2cc(C3=CCNCC3)ccc2C(Nc2ccc(C(C)C)cc2)CC1C. The molecular weight excluding hydrogens is 382 g/mol. The van der Waals surface area contributed by atoms with Gasteiger partial charge in [-0.1, -0.05) is 51.1 Å². The molecule has 0 aliphatic carbocycles. The van der Waals surface area contributed by atoms with Crippen molar-refractivity contribution < 1.29 is 4.79 Å². The quantitative estimate of drug-likeness (QED) is 0.639. The van der Waals surface area contributed by atoms with Crippen molar-refractivity contribution in [3.05, 3.63) is 65.2 Å². The molecule has 2 aliphatic rings. The van der Waals surface area contributed by atoms with Crippen LogP contribution in [0.2, 0.25) is 0 Å². The highest BCUT2D eigenvalue weighted by Gasteiger charge is 2.33. The topological polar surface area (TPSA) is 44.4 Å². The van der Waals surface area contributed by atoms with Crippen LogP contribution in [0.3, 0.4) is 0 Å². The molecule has 0 saturated carbocycles. The van der Waals surface area contributed by atoms with Crippen molar-refractivity contribution in [1.82, 2.24) is 5.32 Å². The molecule has 2 unspecified atom stereocenters. The Balaban J connectivity index is 1.69. The van der Waals surface area contributed by atoms with E-state index in [1.165, 1.54) is 22.3 Å². The average Bonchev–Trinajstić information content (AvgIpc) is 2.79. The molecule has 0 fully saturated rings. The predicted octanol–water partition coefficient (Wildman–Crippen LogP) is 5.88. The molecule has 0 spiro atoms. The van der Waals surface area contributed by atoms with Gasteiger partial charge in [0.05, 0.1) is 6.04 Å². The smallest absolute Gasteiger partial charge is 0.226 e. The van der Waals surface area contributed by atoms with Gasteiger partial charge in [0.2, 0.25) is 5.91 Å². The first-order valence-corrected chi connectivity index (χ1v) is 11.7. The Bertz CT molecular complexity index is 961. The van der Waals surface area contributed by atoms with Crippen molar-refractivity contribution in [3.63, 3.8) is 0 Å². The molecule has 2 atom stereocenters. The van der Waals surface area contributed by atoms with E-state index in [0.29, 0.717) is 12.3 Å². The normalized spacial score (nSPS) is 20.9. The lowest BCUT2D eigenvalue weighted by atomic mass is 9.88. The van der Waals surface area contributed by atoms with Gasteiger partial charge >= 0.3 is 0 Å². The standard InChI is InChI=1S/C27H35N3O/c1-5-27(31)30-19(4)16-25(29-23-9-6-20(7-10-23)18(2)3)24-11-8-22(17-26(24)30)21-12-14-28-15-13-21/h6-12,17-19,25,28-29H,5,13-16H2,1-4H3. The molecule has 0 radical (unpaired) electrons. The van der Waals surface area contributed by atoms with Gasteiger partial charge in [-0.15, -0.1) is 0 Å². The maximum absolute atomic E-state index is 12.9. The summed E-state index contributed by atoms with van der Waals surface area (Å²) in [7, 11) is 0. The Hall–Kier alpha value is -2.59. The third kappa shape index (κ3) is 4.54. The highest BCUT2D eigenvalue weighted by molar-refractivity contribution is 5.96. The van der Waals surface area contributed by atoms with Crippen LogP contribution in [0.5, 0.6) is 0 Å². The van der Waals surface area contributed by atoms with Crippen LogP contribution in [0.4, 0.5) is 11.4 Å². The number of benzene rings is 2. The first-order chi connectivity index (χ1) is 15.0. The van der Waals surface area contributed by atoms with Crippen LogP contribution in [0.1, 0.15) is 75.6 Å². The Morgan fingerprint density at radius 2 is 1.97 bits per heavy atom. The van der Waals surface area contributed by atoms with E-state index in [-0.39, 0.29) is 18.0 Å². The van der Waals surface area contributed by atoms with Gasteiger partial charge in [-0.05, 0) is 72.7 Å². The zero-order valence-corrected chi connectivity index (χ0v) is 19.2. The van der Waals surface area contributed by atoms with E-state index < -0.39 is 0 Å². The Morgan fingerprint density at radius 1 is 1.19 bits per heavy atom. The maximum atomic E-state index is 12.9. The van der Waals surface area contributed by atoms with Crippen molar-refractivity contribution in [2.75, 3.05) is 23.3 Å². The zero-order chi connectivity index (χ0) is 22.0. The summed E-state index contributed by atoms with van der Waals surface area (Å²) in [4.78, 5) is 14.9. The Labute approximate surface area is 186 Å². The zero-order valence-electron chi connectivity index (χ0n) is 19.2. The fraction of sp³-hybridized carbons (Fsp3) is 0.444. The minimum Gasteiger partial charge on any atom is -0.378 e. The number of hydrogen-bond acceptors (Lipinski definition) is 3. The third-order valence-corrected chi connectivity index (χ3v) is 6.61. The molecule has 164 valence electrons. The number of fused-ring (bicyclic) bond motifs is 1. The van der Waals surface area contributed by atoms with Gasteiger partial charge < -0.3 is 15.5 Å². The number of carbonyl (C=O) groups excluding carboxylic acids is 1. The van der Waals surface area contributed by atoms with Crippen LogP contribution in [0.25, 0.3) is 5.57 Å². The Morgan fingerprint density at radius 3 is 2.61 bits per heavy atom. The molecular formula is C27H35N3O. The maximum Gasteiger partial charge on any atom is 0.226 e. The highest BCUT2D eigenvalue weighted by atomic mass is 16.2. The van der Waals surface area contributed by atoms with Crippen LogP contribution in [0.15, 0.2) is 48.5 Å². The van der Waals surface area contributed by atoms with E-state index in [2.05, 4.69) is 79.9 Å². The number of carbonyl (C=O) groups is 1. The molecule has 4 heteroatoms. The van der Waals surface area contributed by atoms with Gasteiger partial charge in [-0.2, -0.15) is 0 Å². The fourth-order valence-corrected chi connectivity index (χ4v) is 4.79. The minimum atomic E-state index is 0.157. The van der Waals surface area contributed by atoms with Crippen molar-refractivity contribution in [1.29, 1.82) is 0 Å². The van der Waals surface area contributed by atoms with Gasteiger partial charge in [-0.3, -0.25) is 4.79 Å². The predicted molar refractivity (Wildman–Crippen MR) is 131 cm³/mol. The van der Waals surface area contributed by atoms with Crippen LogP contribution in [-0.2, 0) is 4.79 Å². The van der Waals surface area contributed by atoms with Crippen molar-refractivity contribution >= 4 is 22.9 Å². The molecule has 0 saturated heterocycles. The molecule has 1 amide bonds. The second-order valence-corrected chi connectivity index (χ2v) is 9.13. The molecule has 2 aliphatic heterocycles. The summed E-state index contributed by atoms with van der Waals surface area (Å²) >= 11 is 0. The fourth-order valence-electron chi connectivity index (χ4n) is 4.79. The summed E-state index contributed by atoms with van der Waals surface area (Å²) in [6.45, 7) is 10.5. The largest absolute Gasteiger partial charge is 0.378 e. The first kappa shape index (κ1) is 21.6. The molecule has 2 aromatic rings. The van der Waals surface area contributed by atoms with Gasteiger partial charge in [0.1, 0.15) is 0 Å². The summed E-state index contributed by atoms with van der Waals surface area (Å²) in [6, 6.07) is 15.8. The average molecular weight is 418 g/mol. The number of rotatable bonds is 5. The summed E-state index contributed by atoms with van der Waals surface area (Å²) in [5.41, 5.74) is 7.38. The number of nitrogens with one attached hydrogen (secondary N) is 2. The van der Waals surface area contributed by atoms with Gasteiger partial charge in [0.25, 0.3) is 0 Å². The van der Waals surface area contributed by atoms with Gasteiger partial charge in [-0.25, -0.2) is 0 Å². The second kappa shape index (κ2) is 9.27. The van der Waals surface area contributed by atoms with Crippen molar-refractivity contribution in [3.8, 4) is 0 Å². The Kier molecular flexibility index (Phi) is 6.47. The van der Waals surface area contributed by atoms with Gasteiger partial charge in [0.15, 0.2) is 0 Å². The second-order valence-electron chi connectivity index (χ2n) is 9.13. The number of amides is 1. The van der Waals surface area contributed by atoms with Crippen molar-refractivity contribution in [2.45, 2.75) is 65.0 Å². The number of nitrogens with zero attached hydrogens (tertiary/aromatic N) is 1. The molecule has 0 bridgehead atoms. The first-order valence-electron chi connectivity index (χ1n) is 11.7. The van der Waals surface area contributed by atoms with E-state index in [1.54, 1.807) is 0 Å². The monoisotopic (exact) mass is 417 g/mol. The van der Waals surface area contributed by atoms with E-state index in [4.69, 9.17) is 0 Å². The van der Waals surface area contributed by atoms with Crippen molar-refractivity contribution in [2.24, 2.45) is 0 Å². The summed E-state index contributed by atoms with van der Waals surface area (Å²) < 4.78 is 0. The number of anilines is 2. The van der Waals surface area contributed by atoms with Crippen LogP contribution in [0, 0.1) is 0 Å². The van der Waals surface area contributed by atoms with E-state index >= 15 is 0 Å². The minimum absolute atomic E-state index is 0.157. The molecule has 2 N–H and O–H groups in total. The summed E-state index contributed by atoms with van der Waals surface area (Å²) in [5, 5.41) is 7.13. The lowest BCUT2D eigenvalue weighted by Crippen LogP contribution is -2.44. The molecule has 31 heavy (non-hydrogen) atoms. The highest BCUT2D eigenvalue weighted by Crippen LogP contribution is 2.41. The van der Waals surface area contributed by atoms with E-state index in [1.807, 2.05) is 11.8 Å². The molecule has 2 aromatic carbocycles. The van der Waals surface area contributed by atoms with Gasteiger partial charge in [0, 0.05) is 30.4 Å². The lowest BCUT2D eigenvalue weighted by Gasteiger charge is -2.40. The van der Waals surface area contributed by atoms with E-state index in [9.17, 15) is 4.79 Å². The molecule has 2 heterocycles. The lowest BCUT2D eigenvalue weighted by molar-refractivity contribution is -0.118. The summed E-state index contributed by atoms with van der Waals surface area (Å²) in [6.07, 6.45) is 4.72. The molecule has 0 aromatic heterocycles. The van der Waals surface area contributed by atoms with Crippen LogP contribution >= 0.6 is 0 Å². The number of hydrogen-bond donors (Lipinski definition) is 2. The summed E-state index contributed by atoms with van der Waals surface area (Å²) in [5.74, 6) is 0.728.